The molecule has 21 heavy (non-hydrogen) atoms. The first-order valence-corrected chi connectivity index (χ1v) is 8.89. The maximum absolute atomic E-state index is 14.3. The van der Waals surface area contributed by atoms with Gasteiger partial charge in [0.1, 0.15) is 11.1 Å². The van der Waals surface area contributed by atoms with Gasteiger partial charge in [0.15, 0.2) is 0 Å². The number of fused-ring (bicyclic) bond motifs is 1. The van der Waals surface area contributed by atoms with Crippen molar-refractivity contribution in [1.29, 1.82) is 5.41 Å². The molecule has 2 fully saturated rings. The fourth-order valence-corrected chi connectivity index (χ4v) is 5.66. The minimum atomic E-state index is -3.66. The van der Waals surface area contributed by atoms with Gasteiger partial charge >= 0.3 is 0 Å². The molecule has 3 rings (SSSR count). The Bertz CT molecular complexity index is 724. The van der Waals surface area contributed by atoms with Gasteiger partial charge in [0.2, 0.25) is 16.0 Å². The van der Waals surface area contributed by atoms with Crippen LogP contribution in [0, 0.1) is 11.2 Å². The van der Waals surface area contributed by atoms with Crippen molar-refractivity contribution < 1.29 is 12.8 Å². The molecule has 5 nitrogen and oxygen atoms in total. The maximum Gasteiger partial charge on any atom is 0.242 e. The van der Waals surface area contributed by atoms with Gasteiger partial charge in [-0.2, -0.15) is 0 Å². The van der Waals surface area contributed by atoms with Crippen LogP contribution in [-0.4, -0.2) is 31.0 Å². The molecule has 1 aromatic rings. The lowest BCUT2D eigenvalue weighted by Gasteiger charge is -2.44. The summed E-state index contributed by atoms with van der Waals surface area (Å²) in [4.78, 5) is 0. The van der Waals surface area contributed by atoms with Gasteiger partial charge < -0.3 is 5.32 Å². The number of guanidine groups is 1. The molecule has 8 heteroatoms. The van der Waals surface area contributed by atoms with Crippen molar-refractivity contribution >= 4 is 31.9 Å². The molecular formula is C13H15BrFN3O2S. The Morgan fingerprint density at radius 2 is 2.24 bits per heavy atom. The molecule has 1 aliphatic carbocycles. The third-order valence-electron chi connectivity index (χ3n) is 4.39. The zero-order chi connectivity index (χ0) is 15.4. The molecular weight excluding hydrogens is 361 g/mol. The normalized spacial score (nSPS) is 30.9. The second-order valence-corrected chi connectivity index (χ2v) is 8.52. The Labute approximate surface area is 131 Å². The van der Waals surface area contributed by atoms with E-state index in [1.165, 1.54) is 13.1 Å². The average Bonchev–Trinajstić information content (AvgIpc) is 2.85. The van der Waals surface area contributed by atoms with E-state index in [1.807, 2.05) is 0 Å². The number of hydrogen-bond acceptors (Lipinski definition) is 3. The maximum atomic E-state index is 14.3. The van der Waals surface area contributed by atoms with Gasteiger partial charge in [-0.15, -0.1) is 0 Å². The lowest BCUT2D eigenvalue weighted by molar-refractivity contribution is 0.344. The van der Waals surface area contributed by atoms with E-state index in [9.17, 15) is 12.8 Å². The van der Waals surface area contributed by atoms with Crippen LogP contribution in [-0.2, 0) is 15.6 Å². The smallest absolute Gasteiger partial charge is 0.242 e. The first-order chi connectivity index (χ1) is 9.79. The average molecular weight is 376 g/mol. The summed E-state index contributed by atoms with van der Waals surface area (Å²) in [6, 6.07) is 4.50. The van der Waals surface area contributed by atoms with Gasteiger partial charge in [-0.25, -0.2) is 17.1 Å². The van der Waals surface area contributed by atoms with Crippen molar-refractivity contribution in [2.75, 3.05) is 7.05 Å². The topological polar surface area (TPSA) is 73.3 Å². The van der Waals surface area contributed by atoms with Crippen LogP contribution >= 0.6 is 15.9 Å². The van der Waals surface area contributed by atoms with Crippen LogP contribution < -0.4 is 5.32 Å². The number of nitrogens with one attached hydrogen (secondary N) is 2. The Morgan fingerprint density at radius 1 is 1.52 bits per heavy atom. The van der Waals surface area contributed by atoms with Gasteiger partial charge in [0.25, 0.3) is 0 Å². The van der Waals surface area contributed by atoms with Crippen molar-refractivity contribution in [2.45, 2.75) is 30.1 Å². The van der Waals surface area contributed by atoms with Crippen LogP contribution in [0.1, 0.15) is 24.8 Å². The van der Waals surface area contributed by atoms with Crippen molar-refractivity contribution in [3.8, 4) is 0 Å². The summed E-state index contributed by atoms with van der Waals surface area (Å²) in [5, 5.41) is 10.1. The molecule has 2 aliphatic rings. The zero-order valence-electron chi connectivity index (χ0n) is 11.4. The summed E-state index contributed by atoms with van der Waals surface area (Å²) in [5.41, 5.74) is -0.753. The quantitative estimate of drug-likeness (QED) is 0.789. The van der Waals surface area contributed by atoms with Crippen molar-refractivity contribution in [1.82, 2.24) is 9.62 Å². The highest BCUT2D eigenvalue weighted by Gasteiger charge is 2.57. The van der Waals surface area contributed by atoms with E-state index in [2.05, 4.69) is 21.2 Å². The molecule has 0 spiro atoms. The monoisotopic (exact) mass is 375 g/mol. The number of sulfonamides is 1. The van der Waals surface area contributed by atoms with E-state index in [1.54, 1.807) is 12.1 Å². The van der Waals surface area contributed by atoms with E-state index >= 15 is 0 Å². The molecule has 0 bridgehead atoms. The van der Waals surface area contributed by atoms with Crippen LogP contribution in [0.2, 0.25) is 0 Å². The molecule has 1 saturated heterocycles. The van der Waals surface area contributed by atoms with Gasteiger partial charge in [0, 0.05) is 17.1 Å². The lowest BCUT2D eigenvalue weighted by atomic mass is 9.87. The molecule has 1 heterocycles. The molecule has 2 atom stereocenters. The summed E-state index contributed by atoms with van der Waals surface area (Å²) in [5.74, 6) is -0.669. The van der Waals surface area contributed by atoms with Crippen LogP contribution in [0.25, 0.3) is 0 Å². The summed E-state index contributed by atoms with van der Waals surface area (Å²) in [7, 11) is -2.31. The highest BCUT2D eigenvalue weighted by atomic mass is 79.9. The number of rotatable bonds is 1. The fourth-order valence-electron chi connectivity index (χ4n) is 3.34. The largest absolute Gasteiger partial charge is 0.345 e. The van der Waals surface area contributed by atoms with Crippen molar-refractivity contribution in [3.05, 3.63) is 34.1 Å². The minimum Gasteiger partial charge on any atom is -0.345 e. The molecule has 1 saturated carbocycles. The van der Waals surface area contributed by atoms with Crippen molar-refractivity contribution in [2.24, 2.45) is 0 Å². The lowest BCUT2D eigenvalue weighted by Crippen LogP contribution is -2.65. The molecule has 1 aliphatic heterocycles. The molecule has 0 aromatic heterocycles. The molecule has 2 N–H and O–H groups in total. The Kier molecular flexibility index (Phi) is 3.29. The summed E-state index contributed by atoms with van der Waals surface area (Å²) in [6.07, 6.45) is 1.61. The van der Waals surface area contributed by atoms with Crippen LogP contribution in [0.4, 0.5) is 4.39 Å². The van der Waals surface area contributed by atoms with E-state index in [0.717, 1.165) is 4.31 Å². The molecule has 114 valence electrons. The van der Waals surface area contributed by atoms with E-state index in [0.29, 0.717) is 29.3 Å². The Morgan fingerprint density at radius 3 is 2.95 bits per heavy atom. The minimum absolute atomic E-state index is 0.215. The van der Waals surface area contributed by atoms with E-state index in [4.69, 9.17) is 5.41 Å². The van der Waals surface area contributed by atoms with Crippen LogP contribution in [0.3, 0.4) is 0 Å². The highest BCUT2D eigenvalue weighted by Crippen LogP contribution is 2.47. The molecule has 0 radical (unpaired) electrons. The molecule has 0 amide bonds. The first kappa shape index (κ1) is 14.8. The van der Waals surface area contributed by atoms with Gasteiger partial charge in [0.05, 0.1) is 5.54 Å². The standard InChI is InChI=1S/C13H15BrFN3O2S/c1-18-12(16)17-13(6-2-3-11(13)21(18,19)20)9-7-8(14)4-5-10(9)15/h4-5,7,11H,2-3,6H2,1H3,(H2,16,17)/t11-,13-/m1/s1. The Balaban J connectivity index is 2.23. The van der Waals surface area contributed by atoms with Crippen molar-refractivity contribution in [3.63, 3.8) is 0 Å². The Hall–Kier alpha value is -1.15. The van der Waals surface area contributed by atoms with E-state index < -0.39 is 26.6 Å². The number of hydrogen-bond donors (Lipinski definition) is 2. The predicted octanol–water partition coefficient (Wildman–Crippen LogP) is 2.14. The third-order valence-corrected chi connectivity index (χ3v) is 7.19. The molecule has 1 aromatic carbocycles. The summed E-state index contributed by atoms with van der Waals surface area (Å²) >= 11 is 3.30. The zero-order valence-corrected chi connectivity index (χ0v) is 13.8. The van der Waals surface area contributed by atoms with Crippen LogP contribution in [0.5, 0.6) is 0 Å². The van der Waals surface area contributed by atoms with Gasteiger partial charge in [-0.05, 0) is 37.5 Å². The predicted molar refractivity (Wildman–Crippen MR) is 81.0 cm³/mol. The van der Waals surface area contributed by atoms with Gasteiger partial charge in [-0.3, -0.25) is 5.41 Å². The van der Waals surface area contributed by atoms with Gasteiger partial charge in [-0.1, -0.05) is 15.9 Å². The number of halogens is 2. The molecule has 0 unspecified atom stereocenters. The third kappa shape index (κ3) is 1.99. The van der Waals surface area contributed by atoms with E-state index in [-0.39, 0.29) is 5.96 Å². The number of benzene rings is 1. The second-order valence-electron chi connectivity index (χ2n) is 5.46. The SMILES string of the molecule is CN1C(=N)N[C@@]2(c3cc(Br)ccc3F)CCC[C@H]2S1(=O)=O. The number of nitrogens with zero attached hydrogens (tertiary/aromatic N) is 1. The fraction of sp³-hybridized carbons (Fsp3) is 0.462. The van der Waals surface area contributed by atoms with Crippen LogP contribution in [0.15, 0.2) is 22.7 Å². The summed E-state index contributed by atoms with van der Waals surface area (Å²) < 4.78 is 41.1. The first-order valence-electron chi connectivity index (χ1n) is 6.59. The second kappa shape index (κ2) is 4.67. The highest BCUT2D eigenvalue weighted by molar-refractivity contribution is 9.10. The summed E-state index contributed by atoms with van der Waals surface area (Å²) in [6.45, 7) is 0.